The molecule has 0 saturated carbocycles. The Bertz CT molecular complexity index is 615. The molecule has 1 aromatic carbocycles. The molecule has 4 heteroatoms. The highest BCUT2D eigenvalue weighted by atomic mass is 16.5. The van der Waals surface area contributed by atoms with Gasteiger partial charge in [0, 0.05) is 31.2 Å². The van der Waals surface area contributed by atoms with Crippen LogP contribution in [0.1, 0.15) is 5.56 Å². The molecule has 0 amide bonds. The molecule has 1 aliphatic rings. The number of ether oxygens (including phenoxy) is 1. The van der Waals surface area contributed by atoms with E-state index in [1.165, 1.54) is 10.9 Å². The Morgan fingerprint density at radius 1 is 1.37 bits per heavy atom. The summed E-state index contributed by atoms with van der Waals surface area (Å²) in [7, 11) is 0. The SMILES string of the molecule is N#CC1CN(Cc2ccnc3ccccc23)CCO1. The van der Waals surface area contributed by atoms with Gasteiger partial charge < -0.3 is 4.74 Å². The molecule has 0 aliphatic carbocycles. The van der Waals surface area contributed by atoms with E-state index in [4.69, 9.17) is 10.00 Å². The molecule has 4 nitrogen and oxygen atoms in total. The van der Waals surface area contributed by atoms with E-state index in [9.17, 15) is 0 Å². The van der Waals surface area contributed by atoms with Crippen molar-refractivity contribution in [1.29, 1.82) is 5.26 Å². The summed E-state index contributed by atoms with van der Waals surface area (Å²) in [4.78, 5) is 6.63. The van der Waals surface area contributed by atoms with Crippen molar-refractivity contribution >= 4 is 10.9 Å². The van der Waals surface area contributed by atoms with Gasteiger partial charge in [-0.1, -0.05) is 18.2 Å². The molecule has 0 radical (unpaired) electrons. The molecule has 2 aromatic rings. The second-order valence-corrected chi connectivity index (χ2v) is 4.71. The zero-order valence-electron chi connectivity index (χ0n) is 10.6. The molecular formula is C15H15N3O. The molecule has 1 atom stereocenters. The number of hydrogen-bond acceptors (Lipinski definition) is 4. The molecule has 1 fully saturated rings. The Hall–Kier alpha value is -1.96. The maximum absolute atomic E-state index is 8.93. The van der Waals surface area contributed by atoms with E-state index in [1.54, 1.807) is 0 Å². The lowest BCUT2D eigenvalue weighted by Gasteiger charge is -2.29. The van der Waals surface area contributed by atoms with Gasteiger partial charge in [-0.25, -0.2) is 0 Å². The smallest absolute Gasteiger partial charge is 0.156 e. The Balaban J connectivity index is 1.83. The number of fused-ring (bicyclic) bond motifs is 1. The monoisotopic (exact) mass is 253 g/mol. The van der Waals surface area contributed by atoms with Crippen molar-refractivity contribution < 1.29 is 4.74 Å². The van der Waals surface area contributed by atoms with Crippen LogP contribution in [0.4, 0.5) is 0 Å². The average molecular weight is 253 g/mol. The number of benzene rings is 1. The van der Waals surface area contributed by atoms with Crippen LogP contribution in [0.25, 0.3) is 10.9 Å². The van der Waals surface area contributed by atoms with Gasteiger partial charge in [0.25, 0.3) is 0 Å². The molecule has 96 valence electrons. The van der Waals surface area contributed by atoms with Crippen LogP contribution in [0.3, 0.4) is 0 Å². The number of para-hydroxylation sites is 1. The molecule has 3 rings (SSSR count). The summed E-state index contributed by atoms with van der Waals surface area (Å²) >= 11 is 0. The predicted octanol–water partition coefficient (Wildman–Crippen LogP) is 1.96. The Labute approximate surface area is 112 Å². The number of rotatable bonds is 2. The van der Waals surface area contributed by atoms with Crippen molar-refractivity contribution in [2.45, 2.75) is 12.6 Å². The van der Waals surface area contributed by atoms with Crippen LogP contribution in [0, 0.1) is 11.3 Å². The number of pyridine rings is 1. The van der Waals surface area contributed by atoms with Gasteiger partial charge in [0.05, 0.1) is 18.2 Å². The summed E-state index contributed by atoms with van der Waals surface area (Å²) in [5, 5.41) is 10.1. The first-order valence-electron chi connectivity index (χ1n) is 6.43. The average Bonchev–Trinajstić information content (AvgIpc) is 2.48. The molecule has 0 spiro atoms. The highest BCUT2D eigenvalue weighted by Crippen LogP contribution is 2.19. The lowest BCUT2D eigenvalue weighted by atomic mass is 10.1. The normalized spacial score (nSPS) is 20.3. The van der Waals surface area contributed by atoms with Crippen LogP contribution >= 0.6 is 0 Å². The minimum absolute atomic E-state index is 0.304. The summed E-state index contributed by atoms with van der Waals surface area (Å²) in [6, 6.07) is 12.4. The third-order valence-corrected chi connectivity index (χ3v) is 3.43. The van der Waals surface area contributed by atoms with Crippen LogP contribution in [0.5, 0.6) is 0 Å². The van der Waals surface area contributed by atoms with E-state index in [-0.39, 0.29) is 6.10 Å². The molecule has 1 aromatic heterocycles. The van der Waals surface area contributed by atoms with Gasteiger partial charge in [-0.15, -0.1) is 0 Å². The van der Waals surface area contributed by atoms with Crippen LogP contribution in [-0.2, 0) is 11.3 Å². The van der Waals surface area contributed by atoms with Crippen LogP contribution in [0.2, 0.25) is 0 Å². The molecule has 1 aliphatic heterocycles. The van der Waals surface area contributed by atoms with Gasteiger partial charge in [-0.05, 0) is 17.7 Å². The molecule has 0 bridgehead atoms. The molecule has 19 heavy (non-hydrogen) atoms. The van der Waals surface area contributed by atoms with Crippen LogP contribution < -0.4 is 0 Å². The summed E-state index contributed by atoms with van der Waals surface area (Å²) in [6.45, 7) is 3.01. The van der Waals surface area contributed by atoms with Crippen molar-refractivity contribution in [3.63, 3.8) is 0 Å². The number of nitrogens with zero attached hydrogens (tertiary/aromatic N) is 3. The predicted molar refractivity (Wildman–Crippen MR) is 72.4 cm³/mol. The van der Waals surface area contributed by atoms with Crippen molar-refractivity contribution in [2.75, 3.05) is 19.7 Å². The molecular weight excluding hydrogens is 238 g/mol. The summed E-state index contributed by atoms with van der Waals surface area (Å²) in [6.07, 6.45) is 1.54. The Morgan fingerprint density at radius 2 is 2.26 bits per heavy atom. The minimum Gasteiger partial charge on any atom is -0.361 e. The van der Waals surface area contributed by atoms with Gasteiger partial charge in [0.2, 0.25) is 0 Å². The van der Waals surface area contributed by atoms with Crippen molar-refractivity contribution in [3.8, 4) is 6.07 Å². The zero-order chi connectivity index (χ0) is 13.1. The van der Waals surface area contributed by atoms with Crippen molar-refractivity contribution in [2.24, 2.45) is 0 Å². The molecule has 0 N–H and O–H groups in total. The molecule has 1 saturated heterocycles. The van der Waals surface area contributed by atoms with Gasteiger partial charge in [0.15, 0.2) is 6.10 Å². The fraction of sp³-hybridized carbons (Fsp3) is 0.333. The topological polar surface area (TPSA) is 49.2 Å². The third kappa shape index (κ3) is 2.58. The van der Waals surface area contributed by atoms with Gasteiger partial charge in [-0.3, -0.25) is 9.88 Å². The summed E-state index contributed by atoms with van der Waals surface area (Å²) < 4.78 is 5.37. The summed E-state index contributed by atoms with van der Waals surface area (Å²) in [5.41, 5.74) is 2.27. The highest BCUT2D eigenvalue weighted by molar-refractivity contribution is 5.81. The van der Waals surface area contributed by atoms with E-state index < -0.39 is 0 Å². The fourth-order valence-electron chi connectivity index (χ4n) is 2.46. The standard InChI is InChI=1S/C15H15N3O/c16-9-13-11-18(7-8-19-13)10-12-5-6-17-15-4-2-1-3-14(12)15/h1-6,13H,7-8,10-11H2. The second-order valence-electron chi connectivity index (χ2n) is 4.71. The van der Waals surface area contributed by atoms with Crippen molar-refractivity contribution in [1.82, 2.24) is 9.88 Å². The Morgan fingerprint density at radius 3 is 3.16 bits per heavy atom. The zero-order valence-corrected chi connectivity index (χ0v) is 10.6. The van der Waals surface area contributed by atoms with E-state index in [2.05, 4.69) is 28.1 Å². The van der Waals surface area contributed by atoms with E-state index in [1.807, 2.05) is 24.4 Å². The van der Waals surface area contributed by atoms with Crippen LogP contribution in [0.15, 0.2) is 36.5 Å². The minimum atomic E-state index is -0.304. The van der Waals surface area contributed by atoms with Gasteiger partial charge in [-0.2, -0.15) is 5.26 Å². The van der Waals surface area contributed by atoms with E-state index >= 15 is 0 Å². The second kappa shape index (κ2) is 5.35. The fourth-order valence-corrected chi connectivity index (χ4v) is 2.46. The van der Waals surface area contributed by atoms with Crippen LogP contribution in [-0.4, -0.2) is 35.7 Å². The van der Waals surface area contributed by atoms with E-state index in [0.717, 1.165) is 18.6 Å². The quantitative estimate of drug-likeness (QED) is 0.821. The first kappa shape index (κ1) is 12.1. The number of morpholine rings is 1. The van der Waals surface area contributed by atoms with Gasteiger partial charge in [0.1, 0.15) is 0 Å². The molecule has 1 unspecified atom stereocenters. The maximum Gasteiger partial charge on any atom is 0.156 e. The summed E-state index contributed by atoms with van der Waals surface area (Å²) in [5.74, 6) is 0. The molecule has 2 heterocycles. The lowest BCUT2D eigenvalue weighted by molar-refractivity contribution is -0.00255. The van der Waals surface area contributed by atoms with Crippen molar-refractivity contribution in [3.05, 3.63) is 42.1 Å². The Kier molecular flexibility index (Phi) is 3.41. The first-order valence-corrected chi connectivity index (χ1v) is 6.43. The number of nitriles is 1. The number of aromatic nitrogens is 1. The highest BCUT2D eigenvalue weighted by Gasteiger charge is 2.20. The number of hydrogen-bond donors (Lipinski definition) is 0. The lowest BCUT2D eigenvalue weighted by Crippen LogP contribution is -2.41. The third-order valence-electron chi connectivity index (χ3n) is 3.43. The van der Waals surface area contributed by atoms with Gasteiger partial charge >= 0.3 is 0 Å². The first-order chi connectivity index (χ1) is 9.36. The maximum atomic E-state index is 8.93. The van der Waals surface area contributed by atoms with E-state index in [0.29, 0.717) is 13.2 Å². The largest absolute Gasteiger partial charge is 0.361 e.